The summed E-state index contributed by atoms with van der Waals surface area (Å²) >= 11 is 1.11. The first-order valence-corrected chi connectivity index (χ1v) is 9.11. The number of amides is 1. The SMILES string of the molecule is CCOc1cc(C=C2SC(=N)NC2=O)ccc1OCc1ccc(C)cc1. The highest BCUT2D eigenvalue weighted by molar-refractivity contribution is 8.18. The fraction of sp³-hybridized carbons (Fsp3) is 0.200. The normalized spacial score (nSPS) is 15.2. The first kappa shape index (κ1) is 18.1. The van der Waals surface area contributed by atoms with Crippen LogP contribution in [0.4, 0.5) is 0 Å². The van der Waals surface area contributed by atoms with Crippen LogP contribution in [0.1, 0.15) is 23.6 Å². The summed E-state index contributed by atoms with van der Waals surface area (Å²) in [6.07, 6.45) is 1.74. The molecule has 0 radical (unpaired) electrons. The van der Waals surface area contributed by atoms with Gasteiger partial charge in [0.05, 0.1) is 11.5 Å². The van der Waals surface area contributed by atoms with Gasteiger partial charge in [-0.3, -0.25) is 10.2 Å². The quantitative estimate of drug-likeness (QED) is 0.753. The molecule has 3 rings (SSSR count). The molecule has 0 unspecified atom stereocenters. The third-order valence-corrected chi connectivity index (χ3v) is 4.57. The topological polar surface area (TPSA) is 71.4 Å². The molecule has 0 atom stereocenters. The van der Waals surface area contributed by atoms with Crippen molar-refractivity contribution in [2.45, 2.75) is 20.5 Å². The van der Waals surface area contributed by atoms with Crippen molar-refractivity contribution in [2.75, 3.05) is 6.61 Å². The van der Waals surface area contributed by atoms with Crippen molar-refractivity contribution in [3.63, 3.8) is 0 Å². The van der Waals surface area contributed by atoms with Gasteiger partial charge in [-0.25, -0.2) is 0 Å². The zero-order valence-electron chi connectivity index (χ0n) is 14.7. The van der Waals surface area contributed by atoms with Crippen LogP contribution in [0.3, 0.4) is 0 Å². The summed E-state index contributed by atoms with van der Waals surface area (Å²) in [6.45, 7) is 4.93. The average molecular weight is 368 g/mol. The lowest BCUT2D eigenvalue weighted by Gasteiger charge is -2.13. The molecule has 6 heteroatoms. The Balaban J connectivity index is 1.78. The maximum absolute atomic E-state index is 11.8. The van der Waals surface area contributed by atoms with E-state index in [4.69, 9.17) is 14.9 Å². The summed E-state index contributed by atoms with van der Waals surface area (Å²) in [5.41, 5.74) is 3.12. The maximum atomic E-state index is 11.8. The Kier molecular flexibility index (Phi) is 5.63. The molecule has 2 N–H and O–H groups in total. The highest BCUT2D eigenvalue weighted by Gasteiger charge is 2.22. The van der Waals surface area contributed by atoms with Crippen LogP contribution in [0, 0.1) is 12.3 Å². The Hall–Kier alpha value is -2.73. The fourth-order valence-electron chi connectivity index (χ4n) is 2.44. The lowest BCUT2D eigenvalue weighted by Crippen LogP contribution is -2.18. The van der Waals surface area contributed by atoms with Gasteiger partial charge >= 0.3 is 0 Å². The van der Waals surface area contributed by atoms with Crippen molar-refractivity contribution in [3.8, 4) is 11.5 Å². The molecule has 5 nitrogen and oxygen atoms in total. The Labute approximate surface area is 156 Å². The molecule has 0 bridgehead atoms. The second kappa shape index (κ2) is 8.10. The zero-order chi connectivity index (χ0) is 18.5. The summed E-state index contributed by atoms with van der Waals surface area (Å²) in [5.74, 6) is 1.04. The van der Waals surface area contributed by atoms with Gasteiger partial charge in [0.15, 0.2) is 16.7 Å². The van der Waals surface area contributed by atoms with E-state index in [1.807, 2.05) is 37.3 Å². The number of rotatable bonds is 6. The van der Waals surface area contributed by atoms with Crippen LogP contribution in [0.5, 0.6) is 11.5 Å². The van der Waals surface area contributed by atoms with E-state index in [9.17, 15) is 4.79 Å². The highest BCUT2D eigenvalue weighted by Crippen LogP contribution is 2.32. The minimum absolute atomic E-state index is 0.143. The zero-order valence-corrected chi connectivity index (χ0v) is 15.5. The monoisotopic (exact) mass is 368 g/mol. The summed E-state index contributed by atoms with van der Waals surface area (Å²) in [6, 6.07) is 13.7. The van der Waals surface area contributed by atoms with E-state index in [2.05, 4.69) is 24.4 Å². The van der Waals surface area contributed by atoms with Crippen LogP contribution in [0.2, 0.25) is 0 Å². The third-order valence-electron chi connectivity index (χ3n) is 3.74. The van der Waals surface area contributed by atoms with E-state index in [1.165, 1.54) is 5.56 Å². The molecule has 0 spiro atoms. The molecule has 1 aliphatic heterocycles. The predicted octanol–water partition coefficient (Wildman–Crippen LogP) is 4.11. The average Bonchev–Trinajstić information content (AvgIpc) is 2.93. The Morgan fingerprint density at radius 2 is 1.88 bits per heavy atom. The van der Waals surface area contributed by atoms with Crippen molar-refractivity contribution >= 4 is 28.9 Å². The van der Waals surface area contributed by atoms with Crippen molar-refractivity contribution < 1.29 is 14.3 Å². The molecular weight excluding hydrogens is 348 g/mol. The van der Waals surface area contributed by atoms with Gasteiger partial charge in [-0.05, 0) is 54.9 Å². The van der Waals surface area contributed by atoms with E-state index < -0.39 is 0 Å². The summed E-state index contributed by atoms with van der Waals surface area (Å²) in [7, 11) is 0. The van der Waals surface area contributed by atoms with E-state index in [0.717, 1.165) is 22.9 Å². The molecule has 26 heavy (non-hydrogen) atoms. The molecule has 0 aromatic heterocycles. The number of thioether (sulfide) groups is 1. The summed E-state index contributed by atoms with van der Waals surface area (Å²) in [4.78, 5) is 12.2. The van der Waals surface area contributed by atoms with Gasteiger partial charge in [-0.15, -0.1) is 0 Å². The predicted molar refractivity (Wildman–Crippen MR) is 105 cm³/mol. The number of hydrogen-bond acceptors (Lipinski definition) is 5. The molecule has 1 saturated heterocycles. The largest absolute Gasteiger partial charge is 0.490 e. The molecule has 1 fully saturated rings. The van der Waals surface area contributed by atoms with Crippen molar-refractivity contribution in [1.82, 2.24) is 5.32 Å². The minimum Gasteiger partial charge on any atom is -0.490 e. The van der Waals surface area contributed by atoms with Gasteiger partial charge in [-0.2, -0.15) is 0 Å². The van der Waals surface area contributed by atoms with Gasteiger partial charge in [0, 0.05) is 0 Å². The lowest BCUT2D eigenvalue weighted by atomic mass is 10.1. The van der Waals surface area contributed by atoms with Gasteiger partial charge in [-0.1, -0.05) is 35.9 Å². The number of hydrogen-bond donors (Lipinski definition) is 2. The van der Waals surface area contributed by atoms with Crippen molar-refractivity contribution in [1.29, 1.82) is 5.41 Å². The van der Waals surface area contributed by atoms with Gasteiger partial charge < -0.3 is 14.8 Å². The first-order valence-electron chi connectivity index (χ1n) is 8.30. The van der Waals surface area contributed by atoms with Crippen LogP contribution in [-0.2, 0) is 11.4 Å². The molecule has 134 valence electrons. The number of ether oxygens (including phenoxy) is 2. The lowest BCUT2D eigenvalue weighted by molar-refractivity contribution is -0.115. The molecule has 2 aromatic carbocycles. The number of benzene rings is 2. The standard InChI is InChI=1S/C20H20N2O3S/c1-3-24-17-10-15(11-18-19(23)22-20(21)26-18)8-9-16(17)25-12-14-6-4-13(2)5-7-14/h4-11H,3,12H2,1-2H3,(H2,21,22,23). The van der Waals surface area contributed by atoms with E-state index in [0.29, 0.717) is 29.6 Å². The van der Waals surface area contributed by atoms with Gasteiger partial charge in [0.1, 0.15) is 6.61 Å². The Bertz CT molecular complexity index is 860. The molecular formula is C20H20N2O3S. The Morgan fingerprint density at radius 3 is 2.54 bits per heavy atom. The van der Waals surface area contributed by atoms with E-state index in [-0.39, 0.29) is 11.1 Å². The third kappa shape index (κ3) is 4.46. The second-order valence-electron chi connectivity index (χ2n) is 5.81. The molecule has 1 aliphatic rings. The van der Waals surface area contributed by atoms with E-state index >= 15 is 0 Å². The van der Waals surface area contributed by atoms with Crippen LogP contribution in [-0.4, -0.2) is 17.7 Å². The molecule has 0 aliphatic carbocycles. The summed E-state index contributed by atoms with van der Waals surface area (Å²) in [5, 5.41) is 10.1. The van der Waals surface area contributed by atoms with Crippen molar-refractivity contribution in [2.24, 2.45) is 0 Å². The summed E-state index contributed by atoms with van der Waals surface area (Å²) < 4.78 is 11.6. The van der Waals surface area contributed by atoms with Gasteiger partial charge in [0.2, 0.25) is 0 Å². The molecule has 0 saturated carbocycles. The number of nitrogens with one attached hydrogen (secondary N) is 2. The number of carbonyl (C=O) groups is 1. The van der Waals surface area contributed by atoms with Crippen LogP contribution in [0.15, 0.2) is 47.4 Å². The first-order chi connectivity index (χ1) is 12.5. The Morgan fingerprint density at radius 1 is 1.12 bits per heavy atom. The van der Waals surface area contributed by atoms with Crippen LogP contribution >= 0.6 is 11.8 Å². The molecule has 2 aromatic rings. The van der Waals surface area contributed by atoms with Crippen LogP contribution in [0.25, 0.3) is 6.08 Å². The number of carbonyl (C=O) groups excluding carboxylic acids is 1. The molecule has 1 heterocycles. The smallest absolute Gasteiger partial charge is 0.264 e. The fourth-order valence-corrected chi connectivity index (χ4v) is 3.14. The van der Waals surface area contributed by atoms with E-state index in [1.54, 1.807) is 6.08 Å². The van der Waals surface area contributed by atoms with Gasteiger partial charge in [0.25, 0.3) is 5.91 Å². The number of aryl methyl sites for hydroxylation is 1. The van der Waals surface area contributed by atoms with Crippen molar-refractivity contribution in [3.05, 3.63) is 64.1 Å². The maximum Gasteiger partial charge on any atom is 0.264 e. The van der Waals surface area contributed by atoms with Crippen LogP contribution < -0.4 is 14.8 Å². The number of amidine groups is 1. The molecule has 1 amide bonds. The second-order valence-corrected chi connectivity index (χ2v) is 6.86. The highest BCUT2D eigenvalue weighted by atomic mass is 32.2. The minimum atomic E-state index is -0.252.